The highest BCUT2D eigenvalue weighted by molar-refractivity contribution is 9.09. The Balaban J connectivity index is 1.91. The van der Waals surface area contributed by atoms with Crippen molar-refractivity contribution in [3.05, 3.63) is 35.4 Å². The fourth-order valence-corrected chi connectivity index (χ4v) is 2.84. The molecule has 0 N–H and O–H groups in total. The molecule has 0 spiro atoms. The van der Waals surface area contributed by atoms with E-state index in [1.165, 1.54) is 25.0 Å². The molecule has 1 aromatic rings. The molecule has 0 saturated carbocycles. The van der Waals surface area contributed by atoms with Crippen LogP contribution in [-0.4, -0.2) is 23.3 Å². The molecule has 0 bridgehead atoms. The van der Waals surface area contributed by atoms with E-state index in [4.69, 9.17) is 0 Å². The van der Waals surface area contributed by atoms with E-state index in [2.05, 4.69) is 20.8 Å². The average molecular weight is 304 g/mol. The van der Waals surface area contributed by atoms with Crippen LogP contribution in [0.25, 0.3) is 0 Å². The summed E-state index contributed by atoms with van der Waals surface area (Å²) in [5.41, 5.74) is 0.848. The fraction of sp³-hybridized carbons (Fsp3) is 0.538. The number of piperidine rings is 1. The Bertz CT molecular complexity index is 376. The third-order valence-corrected chi connectivity index (χ3v) is 4.23. The van der Waals surface area contributed by atoms with Crippen molar-refractivity contribution in [3.63, 3.8) is 0 Å². The van der Waals surface area contributed by atoms with Gasteiger partial charge in [-0.15, -0.1) is 0 Å². The first-order valence-corrected chi connectivity index (χ1v) is 7.03. The van der Waals surface area contributed by atoms with Gasteiger partial charge in [0.05, 0.1) is 0 Å². The number of rotatable bonds is 3. The van der Waals surface area contributed by atoms with E-state index in [-0.39, 0.29) is 0 Å². The van der Waals surface area contributed by atoms with Gasteiger partial charge in [0.2, 0.25) is 0 Å². The topological polar surface area (TPSA) is 3.24 Å². The number of halogens is 3. The smallest absolute Gasteiger partial charge is 0.159 e. The quantitative estimate of drug-likeness (QED) is 0.772. The van der Waals surface area contributed by atoms with Gasteiger partial charge < -0.3 is 0 Å². The summed E-state index contributed by atoms with van der Waals surface area (Å²) in [6.45, 7) is 2.79. The van der Waals surface area contributed by atoms with E-state index >= 15 is 0 Å². The van der Waals surface area contributed by atoms with Crippen LogP contribution in [0.3, 0.4) is 0 Å². The van der Waals surface area contributed by atoms with Crippen molar-refractivity contribution in [3.8, 4) is 0 Å². The number of hydrogen-bond acceptors (Lipinski definition) is 1. The van der Waals surface area contributed by atoms with Crippen molar-refractivity contribution >= 4 is 15.9 Å². The minimum Gasteiger partial charge on any atom is -0.299 e. The zero-order valence-corrected chi connectivity index (χ0v) is 11.2. The molecule has 1 nitrogen and oxygen atoms in total. The summed E-state index contributed by atoms with van der Waals surface area (Å²) in [4.78, 5) is 2.30. The lowest BCUT2D eigenvalue weighted by molar-refractivity contribution is 0.187. The predicted molar refractivity (Wildman–Crippen MR) is 68.2 cm³/mol. The lowest BCUT2D eigenvalue weighted by Crippen LogP contribution is -2.33. The molecule has 1 fully saturated rings. The third kappa shape index (κ3) is 3.49. The number of alkyl halides is 1. The first-order chi connectivity index (χ1) is 8.19. The van der Waals surface area contributed by atoms with Gasteiger partial charge in [0.25, 0.3) is 0 Å². The fourth-order valence-electron chi connectivity index (χ4n) is 2.20. The average Bonchev–Trinajstić information content (AvgIpc) is 2.35. The summed E-state index contributed by atoms with van der Waals surface area (Å²) >= 11 is 3.51. The van der Waals surface area contributed by atoms with Crippen LogP contribution in [0.4, 0.5) is 8.78 Å². The summed E-state index contributed by atoms with van der Waals surface area (Å²) in [5, 5.41) is 1.06. The lowest BCUT2D eigenvalue weighted by Gasteiger charge is -2.31. The summed E-state index contributed by atoms with van der Waals surface area (Å²) in [7, 11) is 0. The van der Waals surface area contributed by atoms with Crippen LogP contribution >= 0.6 is 15.9 Å². The van der Waals surface area contributed by atoms with Crippen molar-refractivity contribution < 1.29 is 8.78 Å². The first-order valence-electron chi connectivity index (χ1n) is 5.91. The van der Waals surface area contributed by atoms with Crippen molar-refractivity contribution in [2.45, 2.75) is 19.4 Å². The largest absolute Gasteiger partial charge is 0.299 e. The van der Waals surface area contributed by atoms with Gasteiger partial charge in [0, 0.05) is 11.9 Å². The highest BCUT2D eigenvalue weighted by Gasteiger charge is 2.18. The highest BCUT2D eigenvalue weighted by Crippen LogP contribution is 2.21. The summed E-state index contributed by atoms with van der Waals surface area (Å²) in [6.07, 6.45) is 2.35. The SMILES string of the molecule is Fc1ccc(CN2CCC(CBr)CC2)cc1F. The second-order valence-electron chi connectivity index (χ2n) is 4.62. The van der Waals surface area contributed by atoms with Crippen molar-refractivity contribution in [2.75, 3.05) is 18.4 Å². The Morgan fingerprint density at radius 3 is 2.47 bits per heavy atom. The van der Waals surface area contributed by atoms with Crippen LogP contribution in [0, 0.1) is 17.6 Å². The zero-order valence-electron chi connectivity index (χ0n) is 9.63. The van der Waals surface area contributed by atoms with Gasteiger partial charge in [-0.3, -0.25) is 4.90 Å². The molecule has 17 heavy (non-hydrogen) atoms. The molecular formula is C13H16BrF2N. The van der Waals surface area contributed by atoms with E-state index in [0.29, 0.717) is 6.54 Å². The van der Waals surface area contributed by atoms with Gasteiger partial charge in [0.15, 0.2) is 11.6 Å². The second kappa shape index (κ2) is 5.91. The van der Waals surface area contributed by atoms with E-state index < -0.39 is 11.6 Å². The molecule has 1 heterocycles. The summed E-state index contributed by atoms with van der Waals surface area (Å²) in [5.74, 6) is -0.763. The Morgan fingerprint density at radius 1 is 1.18 bits per heavy atom. The Morgan fingerprint density at radius 2 is 1.88 bits per heavy atom. The number of likely N-dealkylation sites (tertiary alicyclic amines) is 1. The molecule has 0 unspecified atom stereocenters. The molecule has 0 aromatic heterocycles. The Labute approximate surface area is 109 Å². The molecule has 1 saturated heterocycles. The molecule has 2 rings (SSSR count). The van der Waals surface area contributed by atoms with Gasteiger partial charge in [-0.1, -0.05) is 22.0 Å². The Kier molecular flexibility index (Phi) is 4.51. The number of benzene rings is 1. The standard InChI is InChI=1S/C13H16BrF2N/c14-8-10-3-5-17(6-4-10)9-11-1-2-12(15)13(16)7-11/h1-2,7,10H,3-6,8-9H2. The highest BCUT2D eigenvalue weighted by atomic mass is 79.9. The third-order valence-electron chi connectivity index (χ3n) is 3.32. The molecule has 94 valence electrons. The van der Waals surface area contributed by atoms with Crippen molar-refractivity contribution in [1.29, 1.82) is 0 Å². The predicted octanol–water partition coefficient (Wildman–Crippen LogP) is 3.57. The van der Waals surface area contributed by atoms with Crippen molar-refractivity contribution in [1.82, 2.24) is 4.90 Å². The molecule has 1 aliphatic rings. The normalized spacial score (nSPS) is 18.5. The molecule has 4 heteroatoms. The van der Waals surface area contributed by atoms with E-state index in [0.717, 1.165) is 29.9 Å². The maximum atomic E-state index is 13.1. The molecule has 0 amide bonds. The molecule has 1 aliphatic heterocycles. The van der Waals surface area contributed by atoms with Gasteiger partial charge in [-0.05, 0) is 49.5 Å². The summed E-state index contributed by atoms with van der Waals surface area (Å²) < 4.78 is 25.8. The monoisotopic (exact) mass is 303 g/mol. The van der Waals surface area contributed by atoms with E-state index in [9.17, 15) is 8.78 Å². The maximum absolute atomic E-state index is 13.1. The second-order valence-corrected chi connectivity index (χ2v) is 5.27. The van der Waals surface area contributed by atoms with Gasteiger partial charge >= 0.3 is 0 Å². The molecule has 0 aliphatic carbocycles. The minimum atomic E-state index is -0.772. The molecule has 0 radical (unpaired) electrons. The van der Waals surface area contributed by atoms with Crippen LogP contribution in [0.2, 0.25) is 0 Å². The molecule has 0 atom stereocenters. The van der Waals surface area contributed by atoms with Gasteiger partial charge in [-0.2, -0.15) is 0 Å². The Hall–Kier alpha value is -0.480. The first kappa shape index (κ1) is 13.0. The van der Waals surface area contributed by atoms with Crippen LogP contribution in [-0.2, 0) is 6.54 Å². The number of hydrogen-bond donors (Lipinski definition) is 0. The van der Waals surface area contributed by atoms with Crippen molar-refractivity contribution in [2.24, 2.45) is 5.92 Å². The molecular weight excluding hydrogens is 288 g/mol. The molecule has 1 aromatic carbocycles. The van der Waals surface area contributed by atoms with E-state index in [1.54, 1.807) is 6.07 Å². The van der Waals surface area contributed by atoms with Gasteiger partial charge in [-0.25, -0.2) is 8.78 Å². The van der Waals surface area contributed by atoms with Crippen LogP contribution in [0.15, 0.2) is 18.2 Å². The van der Waals surface area contributed by atoms with E-state index in [1.807, 2.05) is 0 Å². The van der Waals surface area contributed by atoms with Gasteiger partial charge in [0.1, 0.15) is 0 Å². The van der Waals surface area contributed by atoms with Crippen LogP contribution in [0.5, 0.6) is 0 Å². The summed E-state index contributed by atoms with van der Waals surface area (Å²) in [6, 6.07) is 4.16. The van der Waals surface area contributed by atoms with Crippen LogP contribution < -0.4 is 0 Å². The lowest BCUT2D eigenvalue weighted by atomic mass is 9.99. The minimum absolute atomic E-state index is 0.714. The zero-order chi connectivity index (χ0) is 12.3. The maximum Gasteiger partial charge on any atom is 0.159 e. The van der Waals surface area contributed by atoms with Crippen LogP contribution in [0.1, 0.15) is 18.4 Å². The number of nitrogens with zero attached hydrogens (tertiary/aromatic N) is 1.